The molecule has 7 nitrogen and oxygen atoms in total. The maximum atomic E-state index is 13.4. The second kappa shape index (κ2) is 9.18. The smallest absolute Gasteiger partial charge is 0.266 e. The van der Waals surface area contributed by atoms with Crippen LogP contribution < -0.4 is 10.9 Å². The summed E-state index contributed by atoms with van der Waals surface area (Å²) in [5.74, 6) is 1.31. The minimum absolute atomic E-state index is 0.114. The summed E-state index contributed by atoms with van der Waals surface area (Å²) in [5, 5.41) is 7.61. The number of anilines is 1. The predicted octanol–water partition coefficient (Wildman–Crippen LogP) is 4.37. The predicted molar refractivity (Wildman–Crippen MR) is 122 cm³/mol. The van der Waals surface area contributed by atoms with E-state index in [-0.39, 0.29) is 17.9 Å². The average Bonchev–Trinajstić information content (AvgIpc) is 3.18. The van der Waals surface area contributed by atoms with E-state index in [4.69, 9.17) is 9.51 Å². The van der Waals surface area contributed by atoms with Crippen LogP contribution in [0, 0.1) is 6.92 Å². The summed E-state index contributed by atoms with van der Waals surface area (Å²) in [6.07, 6.45) is 1.04. The molecule has 2 heterocycles. The van der Waals surface area contributed by atoms with Crippen LogP contribution in [0.2, 0.25) is 0 Å². The Hall–Kier alpha value is -3.39. The van der Waals surface area contributed by atoms with Crippen LogP contribution in [0.5, 0.6) is 0 Å². The van der Waals surface area contributed by atoms with Gasteiger partial charge in [-0.05, 0) is 37.1 Å². The third-order valence-electron chi connectivity index (χ3n) is 4.81. The number of rotatable bonds is 7. The molecule has 0 atom stereocenters. The van der Waals surface area contributed by atoms with Crippen LogP contribution in [-0.2, 0) is 11.2 Å². The number of nitrogens with zero attached hydrogens (tertiary/aromatic N) is 3. The molecule has 0 spiro atoms. The van der Waals surface area contributed by atoms with E-state index in [1.807, 2.05) is 42.5 Å². The molecular weight excluding hydrogens is 412 g/mol. The van der Waals surface area contributed by atoms with Gasteiger partial charge in [-0.15, -0.1) is 0 Å². The summed E-state index contributed by atoms with van der Waals surface area (Å²) in [6.45, 7) is 3.82. The molecule has 158 valence electrons. The molecular formula is C23H22N4O3S. The number of benzene rings is 2. The van der Waals surface area contributed by atoms with Crippen LogP contribution in [0.15, 0.2) is 69.1 Å². The van der Waals surface area contributed by atoms with E-state index in [1.54, 1.807) is 23.6 Å². The standard InChI is InChI=1S/C23H22N4O3S/c1-3-16-8-4-7-11-19(16)27-22(29)17-9-5-6-10-18(17)24-23(27)31-13-12-21(28)25-20-14-15(2)30-26-20/h4-11,14H,3,12-13H2,1-2H3,(H,25,26,28). The Balaban J connectivity index is 1.63. The van der Waals surface area contributed by atoms with Crippen molar-refractivity contribution in [3.05, 3.63) is 76.3 Å². The highest BCUT2D eigenvalue weighted by Crippen LogP contribution is 2.24. The monoisotopic (exact) mass is 434 g/mol. The van der Waals surface area contributed by atoms with Gasteiger partial charge in [-0.3, -0.25) is 14.2 Å². The zero-order valence-corrected chi connectivity index (χ0v) is 18.1. The molecule has 2 aromatic heterocycles. The molecule has 0 fully saturated rings. The molecule has 1 amide bonds. The number of carbonyl (C=O) groups excluding carboxylic acids is 1. The van der Waals surface area contributed by atoms with E-state index in [2.05, 4.69) is 17.4 Å². The Kier molecular flexibility index (Phi) is 6.18. The van der Waals surface area contributed by atoms with Crippen molar-refractivity contribution in [2.75, 3.05) is 11.1 Å². The lowest BCUT2D eigenvalue weighted by Crippen LogP contribution is -2.23. The first kappa shape index (κ1) is 20.9. The van der Waals surface area contributed by atoms with Gasteiger partial charge in [-0.2, -0.15) is 0 Å². The van der Waals surface area contributed by atoms with Crippen LogP contribution in [0.3, 0.4) is 0 Å². The Morgan fingerprint density at radius 3 is 2.71 bits per heavy atom. The van der Waals surface area contributed by atoms with Crippen LogP contribution >= 0.6 is 11.8 Å². The molecule has 0 saturated heterocycles. The minimum Gasteiger partial charge on any atom is -0.360 e. The van der Waals surface area contributed by atoms with E-state index in [1.165, 1.54) is 11.8 Å². The first-order chi connectivity index (χ1) is 15.1. The van der Waals surface area contributed by atoms with E-state index < -0.39 is 0 Å². The number of amides is 1. The molecule has 4 aromatic rings. The lowest BCUT2D eigenvalue weighted by Gasteiger charge is -2.16. The SMILES string of the molecule is CCc1ccccc1-n1c(SCCC(=O)Nc2cc(C)on2)nc2ccccc2c1=O. The molecule has 0 bridgehead atoms. The molecule has 8 heteroatoms. The van der Waals surface area contributed by atoms with Crippen molar-refractivity contribution in [2.24, 2.45) is 0 Å². The number of thioether (sulfide) groups is 1. The second-order valence-corrected chi connectivity index (χ2v) is 8.07. The summed E-state index contributed by atoms with van der Waals surface area (Å²) >= 11 is 1.38. The largest absolute Gasteiger partial charge is 0.360 e. The first-order valence-corrected chi connectivity index (χ1v) is 11.0. The molecule has 0 radical (unpaired) electrons. The zero-order valence-electron chi connectivity index (χ0n) is 17.3. The third kappa shape index (κ3) is 4.54. The number of aromatic nitrogens is 3. The number of hydrogen-bond donors (Lipinski definition) is 1. The van der Waals surface area contributed by atoms with Crippen molar-refractivity contribution in [3.8, 4) is 5.69 Å². The molecule has 1 N–H and O–H groups in total. The van der Waals surface area contributed by atoms with Gasteiger partial charge in [0.1, 0.15) is 5.76 Å². The van der Waals surface area contributed by atoms with Gasteiger partial charge in [0, 0.05) is 18.2 Å². The fourth-order valence-electron chi connectivity index (χ4n) is 3.32. The van der Waals surface area contributed by atoms with E-state index >= 15 is 0 Å². The van der Waals surface area contributed by atoms with Crippen molar-refractivity contribution in [1.29, 1.82) is 0 Å². The fourth-order valence-corrected chi connectivity index (χ4v) is 4.26. The number of para-hydroxylation sites is 2. The Morgan fingerprint density at radius 2 is 1.94 bits per heavy atom. The van der Waals surface area contributed by atoms with Gasteiger partial charge < -0.3 is 9.84 Å². The summed E-state index contributed by atoms with van der Waals surface area (Å²) in [4.78, 5) is 30.4. The topological polar surface area (TPSA) is 90.0 Å². The number of nitrogens with one attached hydrogen (secondary N) is 1. The highest BCUT2D eigenvalue weighted by molar-refractivity contribution is 7.99. The Morgan fingerprint density at radius 1 is 1.16 bits per heavy atom. The van der Waals surface area contributed by atoms with Crippen LogP contribution in [0.25, 0.3) is 16.6 Å². The van der Waals surface area contributed by atoms with Gasteiger partial charge in [-0.1, -0.05) is 54.2 Å². The van der Waals surface area contributed by atoms with Gasteiger partial charge in [0.05, 0.1) is 16.6 Å². The van der Waals surface area contributed by atoms with Crippen molar-refractivity contribution in [3.63, 3.8) is 0 Å². The lowest BCUT2D eigenvalue weighted by molar-refractivity contribution is -0.115. The van der Waals surface area contributed by atoms with Crippen molar-refractivity contribution in [2.45, 2.75) is 31.8 Å². The highest BCUT2D eigenvalue weighted by Gasteiger charge is 2.16. The van der Waals surface area contributed by atoms with E-state index in [0.29, 0.717) is 33.4 Å². The Labute approximate surface area is 183 Å². The van der Waals surface area contributed by atoms with Gasteiger partial charge in [0.15, 0.2) is 11.0 Å². The number of fused-ring (bicyclic) bond motifs is 1. The van der Waals surface area contributed by atoms with E-state index in [9.17, 15) is 9.59 Å². The molecule has 2 aromatic carbocycles. The van der Waals surface area contributed by atoms with Crippen LogP contribution in [0.4, 0.5) is 5.82 Å². The molecule has 0 unspecified atom stereocenters. The summed E-state index contributed by atoms with van der Waals surface area (Å²) in [5.41, 5.74) is 2.40. The van der Waals surface area contributed by atoms with Crippen molar-refractivity contribution in [1.82, 2.24) is 14.7 Å². The number of hydrogen-bond acceptors (Lipinski definition) is 6. The summed E-state index contributed by atoms with van der Waals surface area (Å²) in [7, 11) is 0. The normalized spacial score (nSPS) is 11.0. The van der Waals surface area contributed by atoms with Crippen molar-refractivity contribution >= 4 is 34.4 Å². The molecule has 0 saturated carbocycles. The molecule has 31 heavy (non-hydrogen) atoms. The summed E-state index contributed by atoms with van der Waals surface area (Å²) < 4.78 is 6.62. The third-order valence-corrected chi connectivity index (χ3v) is 5.75. The molecule has 0 aliphatic heterocycles. The first-order valence-electron chi connectivity index (χ1n) is 10.0. The summed E-state index contributed by atoms with van der Waals surface area (Å²) in [6, 6.07) is 16.8. The second-order valence-electron chi connectivity index (χ2n) is 7.00. The zero-order chi connectivity index (χ0) is 21.8. The highest BCUT2D eigenvalue weighted by atomic mass is 32.2. The maximum Gasteiger partial charge on any atom is 0.266 e. The Bertz CT molecular complexity index is 1300. The van der Waals surface area contributed by atoms with Crippen LogP contribution in [0.1, 0.15) is 24.7 Å². The fraction of sp³-hybridized carbons (Fsp3) is 0.217. The average molecular weight is 435 g/mol. The van der Waals surface area contributed by atoms with E-state index in [0.717, 1.165) is 17.7 Å². The maximum absolute atomic E-state index is 13.4. The molecule has 0 aliphatic rings. The lowest BCUT2D eigenvalue weighted by atomic mass is 10.1. The van der Waals surface area contributed by atoms with Crippen molar-refractivity contribution < 1.29 is 9.32 Å². The molecule has 4 rings (SSSR count). The quantitative estimate of drug-likeness (QED) is 0.343. The van der Waals surface area contributed by atoms with Gasteiger partial charge >= 0.3 is 0 Å². The van der Waals surface area contributed by atoms with Gasteiger partial charge in [0.2, 0.25) is 5.91 Å². The number of carbonyl (C=O) groups is 1. The van der Waals surface area contributed by atoms with Gasteiger partial charge in [-0.25, -0.2) is 4.98 Å². The van der Waals surface area contributed by atoms with Gasteiger partial charge in [0.25, 0.3) is 5.56 Å². The minimum atomic E-state index is -0.176. The molecule has 0 aliphatic carbocycles. The number of aryl methyl sites for hydroxylation is 2. The van der Waals surface area contributed by atoms with Crippen LogP contribution in [-0.4, -0.2) is 26.4 Å².